The van der Waals surface area contributed by atoms with Gasteiger partial charge in [-0.2, -0.15) is 0 Å². The Hall–Kier alpha value is -5.10. The Morgan fingerprint density at radius 1 is 0.894 bits per heavy atom. The molecular weight excluding hydrogens is 594 g/mol. The molecule has 0 saturated carbocycles. The number of likely N-dealkylation sites (tertiary alicyclic amines) is 1. The van der Waals surface area contributed by atoms with Gasteiger partial charge >= 0.3 is 6.09 Å². The summed E-state index contributed by atoms with van der Waals surface area (Å²) in [6, 6.07) is 15.8. The number of methoxy groups -OCH3 is 1. The number of nitrogens with one attached hydrogen (secondary N) is 4. The lowest BCUT2D eigenvalue weighted by atomic mass is 10.0. The Kier molecular flexibility index (Phi) is 8.42. The molecule has 2 aliphatic rings. The predicted octanol–water partition coefficient (Wildman–Crippen LogP) is 5.55. The molecule has 4 N–H and O–H groups in total. The second kappa shape index (κ2) is 13.0. The molecule has 3 aromatic heterocycles. The predicted molar refractivity (Wildman–Crippen MR) is 178 cm³/mol. The van der Waals surface area contributed by atoms with E-state index in [2.05, 4.69) is 71.1 Å². The molecule has 3 atom stereocenters. The molecule has 0 bridgehead atoms. The first kappa shape index (κ1) is 30.5. The van der Waals surface area contributed by atoms with Gasteiger partial charge < -0.3 is 30.2 Å². The maximum Gasteiger partial charge on any atom is 0.407 e. The van der Waals surface area contributed by atoms with Crippen LogP contribution in [0.25, 0.3) is 44.7 Å². The zero-order chi connectivity index (χ0) is 32.5. The van der Waals surface area contributed by atoms with Crippen LogP contribution in [0.5, 0.6) is 0 Å². The highest BCUT2D eigenvalue weighted by Crippen LogP contribution is 2.33. The highest BCUT2D eigenvalue weighted by Gasteiger charge is 2.37. The zero-order valence-electron chi connectivity index (χ0n) is 26.8. The number of H-pyrrole nitrogens is 2. The van der Waals surface area contributed by atoms with E-state index in [-0.39, 0.29) is 17.9 Å². The van der Waals surface area contributed by atoms with E-state index in [4.69, 9.17) is 4.74 Å². The topological polar surface area (TPSA) is 154 Å². The number of hydrogen-bond donors (Lipinski definition) is 4. The van der Waals surface area contributed by atoms with Crippen LogP contribution in [0.3, 0.4) is 0 Å². The normalized spacial score (nSPS) is 18.6. The Morgan fingerprint density at radius 2 is 1.62 bits per heavy atom. The minimum absolute atomic E-state index is 0.0944. The van der Waals surface area contributed by atoms with Crippen molar-refractivity contribution in [2.45, 2.75) is 57.7 Å². The number of amides is 2. The molecule has 0 aliphatic carbocycles. The Labute approximate surface area is 272 Å². The number of aromatic nitrogens is 6. The van der Waals surface area contributed by atoms with E-state index in [9.17, 15) is 9.59 Å². The van der Waals surface area contributed by atoms with Crippen LogP contribution in [0.1, 0.15) is 63.3 Å². The summed E-state index contributed by atoms with van der Waals surface area (Å²) >= 11 is 0. The Morgan fingerprint density at radius 3 is 2.36 bits per heavy atom. The van der Waals surface area contributed by atoms with Gasteiger partial charge in [0, 0.05) is 23.1 Å². The molecule has 0 spiro atoms. The van der Waals surface area contributed by atoms with Crippen LogP contribution in [0.15, 0.2) is 60.9 Å². The molecule has 2 saturated heterocycles. The van der Waals surface area contributed by atoms with E-state index in [1.807, 2.05) is 43.1 Å². The van der Waals surface area contributed by atoms with Gasteiger partial charge in [0.05, 0.1) is 54.2 Å². The average molecular weight is 634 g/mol. The fraction of sp³-hybridized carbons (Fsp3) is 0.371. The molecule has 5 aromatic rings. The molecule has 2 fully saturated rings. The molecule has 0 unspecified atom stereocenters. The molecular formula is C35H39N9O3. The minimum Gasteiger partial charge on any atom is -0.453 e. The molecule has 2 amide bonds. The van der Waals surface area contributed by atoms with Gasteiger partial charge in [0.1, 0.15) is 17.7 Å². The van der Waals surface area contributed by atoms with E-state index in [1.165, 1.54) is 13.5 Å². The quantitative estimate of drug-likeness (QED) is 0.174. The lowest BCUT2D eigenvalue weighted by Crippen LogP contribution is -2.51. The van der Waals surface area contributed by atoms with Crippen molar-refractivity contribution in [3.63, 3.8) is 0 Å². The maximum absolute atomic E-state index is 13.5. The molecule has 12 nitrogen and oxygen atoms in total. The van der Waals surface area contributed by atoms with Crippen LogP contribution >= 0.6 is 0 Å². The van der Waals surface area contributed by atoms with Crippen LogP contribution in [-0.4, -0.2) is 73.3 Å². The van der Waals surface area contributed by atoms with Crippen LogP contribution in [-0.2, 0) is 9.53 Å². The van der Waals surface area contributed by atoms with Gasteiger partial charge in [-0.1, -0.05) is 50.2 Å². The molecule has 5 heterocycles. The lowest BCUT2D eigenvalue weighted by molar-refractivity contribution is -0.135. The van der Waals surface area contributed by atoms with E-state index >= 15 is 0 Å². The van der Waals surface area contributed by atoms with Crippen molar-refractivity contribution in [1.29, 1.82) is 0 Å². The number of alkyl carbamates (subject to hydrolysis) is 1. The first-order valence-electron chi connectivity index (χ1n) is 16.2. The summed E-state index contributed by atoms with van der Waals surface area (Å²) in [5.74, 6) is 1.48. The van der Waals surface area contributed by atoms with Gasteiger partial charge in [-0.05, 0) is 55.8 Å². The highest BCUT2D eigenvalue weighted by atomic mass is 16.5. The van der Waals surface area contributed by atoms with Gasteiger partial charge in [0.2, 0.25) is 5.91 Å². The third kappa shape index (κ3) is 6.20. The fourth-order valence-electron chi connectivity index (χ4n) is 6.59. The second-order valence-electron chi connectivity index (χ2n) is 12.6. The first-order chi connectivity index (χ1) is 22.9. The summed E-state index contributed by atoms with van der Waals surface area (Å²) in [7, 11) is 1.29. The lowest BCUT2D eigenvalue weighted by Gasteiger charge is -2.30. The summed E-state index contributed by atoms with van der Waals surface area (Å²) in [5, 5.41) is 16.3. The number of fused-ring (bicyclic) bond motifs is 1. The first-order valence-corrected chi connectivity index (χ1v) is 16.2. The van der Waals surface area contributed by atoms with Crippen molar-refractivity contribution in [1.82, 2.24) is 45.7 Å². The SMILES string of the molecule is COC(=O)N[C@H](C(=O)N1CCC[C@H]1c1ncc(-c2ccc3cc(-c4ccc(-c5cnc([C@@H]6CCCN6)[nH]5)cc4)nnc3c2)[nH]1)C(C)C. The van der Waals surface area contributed by atoms with Crippen molar-refractivity contribution >= 4 is 22.9 Å². The van der Waals surface area contributed by atoms with E-state index in [0.29, 0.717) is 12.6 Å². The maximum atomic E-state index is 13.5. The van der Waals surface area contributed by atoms with E-state index < -0.39 is 12.1 Å². The third-order valence-corrected chi connectivity index (χ3v) is 9.22. The molecule has 2 aliphatic heterocycles. The van der Waals surface area contributed by atoms with Gasteiger partial charge in [0.15, 0.2) is 0 Å². The monoisotopic (exact) mass is 633 g/mol. The van der Waals surface area contributed by atoms with Crippen molar-refractivity contribution in [3.05, 3.63) is 72.6 Å². The van der Waals surface area contributed by atoms with Crippen molar-refractivity contribution in [2.24, 2.45) is 5.92 Å². The average Bonchev–Trinajstić information content (AvgIpc) is 3.93. The number of aromatic amines is 2. The van der Waals surface area contributed by atoms with Gasteiger partial charge in [0.25, 0.3) is 0 Å². The number of nitrogens with zero attached hydrogens (tertiary/aromatic N) is 5. The number of imidazole rings is 2. The minimum atomic E-state index is -0.678. The second-order valence-corrected chi connectivity index (χ2v) is 12.6. The fourth-order valence-corrected chi connectivity index (χ4v) is 6.59. The Bertz CT molecular complexity index is 1890. The summed E-state index contributed by atoms with van der Waals surface area (Å²) in [5.41, 5.74) is 6.40. The van der Waals surface area contributed by atoms with Gasteiger partial charge in [-0.3, -0.25) is 4.79 Å². The van der Waals surface area contributed by atoms with Crippen LogP contribution < -0.4 is 10.6 Å². The van der Waals surface area contributed by atoms with Crippen LogP contribution in [0, 0.1) is 5.92 Å². The zero-order valence-corrected chi connectivity index (χ0v) is 26.8. The summed E-state index contributed by atoms with van der Waals surface area (Å²) in [6.45, 7) is 5.45. The molecule has 2 aromatic carbocycles. The van der Waals surface area contributed by atoms with Crippen LogP contribution in [0.4, 0.5) is 4.79 Å². The number of rotatable bonds is 8. The third-order valence-electron chi connectivity index (χ3n) is 9.22. The summed E-state index contributed by atoms with van der Waals surface area (Å²) in [6.07, 6.45) is 7.00. The number of carbonyl (C=O) groups is 2. The molecule has 47 heavy (non-hydrogen) atoms. The number of ether oxygens (including phenoxy) is 1. The largest absolute Gasteiger partial charge is 0.453 e. The van der Waals surface area contributed by atoms with Crippen molar-refractivity contribution in [2.75, 3.05) is 20.2 Å². The van der Waals surface area contributed by atoms with Crippen molar-refractivity contribution in [3.8, 4) is 33.8 Å². The van der Waals surface area contributed by atoms with Gasteiger partial charge in [-0.25, -0.2) is 14.8 Å². The molecule has 7 rings (SSSR count). The number of carbonyl (C=O) groups excluding carboxylic acids is 2. The standard InChI is InChI=1S/C35H39N9O3/c1-20(2)31(41-35(46)47-3)34(45)44-15-5-7-30(44)33-38-19-29(40-33)24-13-12-23-16-26(42-43-27(23)17-24)21-8-10-22(11-9-21)28-18-37-32(39-28)25-6-4-14-36-25/h8-13,16-20,25,30-31,36H,4-7,14-15H2,1-3H3,(H,37,39)(H,38,40)(H,41,46)/t25-,30-,31-/m0/s1. The highest BCUT2D eigenvalue weighted by molar-refractivity contribution is 5.87. The summed E-state index contributed by atoms with van der Waals surface area (Å²) in [4.78, 5) is 43.4. The summed E-state index contributed by atoms with van der Waals surface area (Å²) < 4.78 is 4.75. The number of hydrogen-bond acceptors (Lipinski definition) is 8. The smallest absolute Gasteiger partial charge is 0.407 e. The van der Waals surface area contributed by atoms with Crippen LogP contribution in [0.2, 0.25) is 0 Å². The Balaban J connectivity index is 1.06. The van der Waals surface area contributed by atoms with E-state index in [0.717, 1.165) is 82.1 Å². The molecule has 242 valence electrons. The van der Waals surface area contributed by atoms with Gasteiger partial charge in [-0.15, -0.1) is 10.2 Å². The van der Waals surface area contributed by atoms with E-state index in [1.54, 1.807) is 6.20 Å². The number of benzene rings is 2. The van der Waals surface area contributed by atoms with Crippen molar-refractivity contribution < 1.29 is 14.3 Å². The molecule has 12 heteroatoms. The molecule has 0 radical (unpaired) electrons.